The van der Waals surface area contributed by atoms with Crippen molar-refractivity contribution in [1.29, 1.82) is 0 Å². The summed E-state index contributed by atoms with van der Waals surface area (Å²) < 4.78 is 5.81. The van der Waals surface area contributed by atoms with Gasteiger partial charge in [-0.1, -0.05) is 138 Å². The fraction of sp³-hybridized carbons (Fsp3) is 0.350. The third kappa shape index (κ3) is 8.10. The van der Waals surface area contributed by atoms with E-state index in [1.54, 1.807) is 7.11 Å². The van der Waals surface area contributed by atoms with E-state index < -0.39 is 8.32 Å². The number of anilines is 1. The number of unbranched alkanes of at least 4 members (excludes halogenated alkanes) is 2. The molecule has 4 heteroatoms. The average molecular weight is 606 g/mol. The maximum atomic E-state index is 12.5. The van der Waals surface area contributed by atoms with Crippen molar-refractivity contribution in [1.82, 2.24) is 0 Å². The number of rotatable bonds is 16. The molecular formula is C40H51NO2Si. The van der Waals surface area contributed by atoms with E-state index >= 15 is 0 Å². The lowest BCUT2D eigenvalue weighted by atomic mass is 10.0. The van der Waals surface area contributed by atoms with Gasteiger partial charge in [0.2, 0.25) is 0 Å². The standard InChI is InChI=1S/C40H51NO2Si/c1-6-8-30-41(31-9-7-2)36-27-26-35(39(32-36)43-5)25-24-33-20-22-34(23-21-33)28-29-40(3,4)44(42,37-16-12-10-13-17-37)38-18-14-11-15-19-38/h10-27,32,42H,6-9,28-31H2,1-5H3. The van der Waals surface area contributed by atoms with E-state index in [1.807, 2.05) is 36.4 Å². The van der Waals surface area contributed by atoms with Gasteiger partial charge in [0.05, 0.1) is 7.11 Å². The third-order valence-electron chi connectivity index (χ3n) is 8.98. The fourth-order valence-electron chi connectivity index (χ4n) is 6.03. The van der Waals surface area contributed by atoms with Crippen LogP contribution in [0.4, 0.5) is 5.69 Å². The summed E-state index contributed by atoms with van der Waals surface area (Å²) in [6.45, 7) is 11.1. The van der Waals surface area contributed by atoms with Gasteiger partial charge in [-0.05, 0) is 64.4 Å². The first kappa shape index (κ1) is 33.3. The highest BCUT2D eigenvalue weighted by Gasteiger charge is 2.49. The van der Waals surface area contributed by atoms with Gasteiger partial charge in [0, 0.05) is 30.4 Å². The molecule has 0 saturated carbocycles. The van der Waals surface area contributed by atoms with Crippen LogP contribution in [0.25, 0.3) is 12.2 Å². The molecule has 44 heavy (non-hydrogen) atoms. The lowest BCUT2D eigenvalue weighted by Crippen LogP contribution is -2.65. The molecule has 0 aliphatic rings. The number of aryl methyl sites for hydroxylation is 1. The van der Waals surface area contributed by atoms with Crippen molar-refractivity contribution in [3.05, 3.63) is 120 Å². The zero-order valence-corrected chi connectivity index (χ0v) is 28.4. The minimum atomic E-state index is -3.00. The van der Waals surface area contributed by atoms with Gasteiger partial charge in [0.15, 0.2) is 0 Å². The predicted molar refractivity (Wildman–Crippen MR) is 193 cm³/mol. The van der Waals surface area contributed by atoms with E-state index in [0.717, 1.165) is 53.2 Å². The molecule has 0 unspecified atom stereocenters. The maximum absolute atomic E-state index is 12.5. The summed E-state index contributed by atoms with van der Waals surface area (Å²) in [5.41, 5.74) is 4.77. The Bertz CT molecular complexity index is 1400. The van der Waals surface area contributed by atoms with E-state index in [0.29, 0.717) is 0 Å². The fourth-order valence-corrected chi connectivity index (χ4v) is 9.76. The van der Waals surface area contributed by atoms with Crippen LogP contribution in [-0.2, 0) is 6.42 Å². The van der Waals surface area contributed by atoms with Crippen LogP contribution in [0, 0.1) is 0 Å². The second-order valence-corrected chi connectivity index (χ2v) is 16.5. The van der Waals surface area contributed by atoms with Crippen LogP contribution in [0.2, 0.25) is 5.04 Å². The molecule has 0 bridgehead atoms. The first-order chi connectivity index (χ1) is 21.3. The average Bonchev–Trinajstić information content (AvgIpc) is 3.07. The molecule has 0 aromatic heterocycles. The normalized spacial score (nSPS) is 12.0. The minimum absolute atomic E-state index is 0.264. The van der Waals surface area contributed by atoms with Crippen molar-refractivity contribution in [3.8, 4) is 5.75 Å². The first-order valence-corrected chi connectivity index (χ1v) is 18.3. The molecule has 0 aliphatic heterocycles. The topological polar surface area (TPSA) is 32.7 Å². The van der Waals surface area contributed by atoms with Crippen molar-refractivity contribution in [2.75, 3.05) is 25.1 Å². The Labute approximate surface area is 267 Å². The molecule has 0 aliphatic carbocycles. The zero-order chi connectivity index (χ0) is 31.4. The lowest BCUT2D eigenvalue weighted by molar-refractivity contribution is 0.414. The molecule has 1 N–H and O–H groups in total. The number of hydrogen-bond donors (Lipinski definition) is 1. The van der Waals surface area contributed by atoms with Crippen LogP contribution in [0.3, 0.4) is 0 Å². The molecule has 4 rings (SSSR count). The van der Waals surface area contributed by atoms with Gasteiger partial charge in [-0.25, -0.2) is 0 Å². The van der Waals surface area contributed by atoms with Crippen molar-refractivity contribution in [3.63, 3.8) is 0 Å². The molecule has 232 valence electrons. The van der Waals surface area contributed by atoms with Crippen molar-refractivity contribution >= 4 is 36.5 Å². The van der Waals surface area contributed by atoms with E-state index in [-0.39, 0.29) is 5.04 Å². The summed E-state index contributed by atoms with van der Waals surface area (Å²) in [7, 11) is -1.25. The van der Waals surface area contributed by atoms with Crippen molar-refractivity contribution in [2.45, 2.75) is 71.3 Å². The monoisotopic (exact) mass is 605 g/mol. The number of benzene rings is 4. The van der Waals surface area contributed by atoms with Crippen LogP contribution in [-0.4, -0.2) is 33.3 Å². The molecule has 0 spiro atoms. The second kappa shape index (κ2) is 15.9. The van der Waals surface area contributed by atoms with Gasteiger partial charge in [0.25, 0.3) is 8.32 Å². The summed E-state index contributed by atoms with van der Waals surface area (Å²) in [5.74, 6) is 0.907. The number of hydrogen-bond acceptors (Lipinski definition) is 3. The van der Waals surface area contributed by atoms with Crippen LogP contribution < -0.4 is 20.0 Å². The molecule has 4 aromatic carbocycles. The van der Waals surface area contributed by atoms with Gasteiger partial charge in [-0.2, -0.15) is 0 Å². The summed E-state index contributed by atoms with van der Waals surface area (Å²) in [4.78, 5) is 15.0. The highest BCUT2D eigenvalue weighted by Crippen LogP contribution is 2.39. The highest BCUT2D eigenvalue weighted by molar-refractivity contribution is 6.98. The SMILES string of the molecule is CCCCN(CCCC)c1ccc(C=Cc2ccc(CCC(C)(C)[Si](O)(c3ccccc3)c3ccccc3)cc2)c(OC)c1. The number of methoxy groups -OCH3 is 1. The van der Waals surface area contributed by atoms with Gasteiger partial charge in [-0.15, -0.1) is 0 Å². The molecule has 0 radical (unpaired) electrons. The van der Waals surface area contributed by atoms with E-state index in [4.69, 9.17) is 4.74 Å². The Morgan fingerprint density at radius 2 is 1.32 bits per heavy atom. The molecule has 0 fully saturated rings. The van der Waals surface area contributed by atoms with Crippen LogP contribution in [0.15, 0.2) is 103 Å². The molecule has 3 nitrogen and oxygen atoms in total. The highest BCUT2D eigenvalue weighted by atomic mass is 28.4. The molecule has 0 heterocycles. The second-order valence-electron chi connectivity index (χ2n) is 12.5. The predicted octanol–water partition coefficient (Wildman–Crippen LogP) is 8.74. The van der Waals surface area contributed by atoms with Crippen molar-refractivity contribution in [2.24, 2.45) is 0 Å². The summed E-state index contributed by atoms with van der Waals surface area (Å²) in [6, 6.07) is 36.0. The quantitative estimate of drug-likeness (QED) is 0.102. The number of nitrogens with zero attached hydrogens (tertiary/aromatic N) is 1. The summed E-state index contributed by atoms with van der Waals surface area (Å²) in [6.07, 6.45) is 10.9. The Hall–Kier alpha value is -3.60. The third-order valence-corrected chi connectivity index (χ3v) is 13.5. The number of ether oxygens (including phenoxy) is 1. The van der Waals surface area contributed by atoms with Gasteiger partial charge in [-0.3, -0.25) is 0 Å². The van der Waals surface area contributed by atoms with Crippen LogP contribution >= 0.6 is 0 Å². The summed E-state index contributed by atoms with van der Waals surface area (Å²) >= 11 is 0. The van der Waals surface area contributed by atoms with E-state index in [2.05, 4.69) is 111 Å². The largest absolute Gasteiger partial charge is 0.496 e. The van der Waals surface area contributed by atoms with Gasteiger partial charge >= 0.3 is 0 Å². The Kier molecular flexibility index (Phi) is 12.0. The molecule has 0 amide bonds. The van der Waals surface area contributed by atoms with Gasteiger partial charge < -0.3 is 14.4 Å². The van der Waals surface area contributed by atoms with E-state index in [9.17, 15) is 4.80 Å². The summed E-state index contributed by atoms with van der Waals surface area (Å²) in [5, 5.41) is 1.86. The lowest BCUT2D eigenvalue weighted by Gasteiger charge is -2.41. The van der Waals surface area contributed by atoms with Gasteiger partial charge in [0.1, 0.15) is 5.75 Å². The minimum Gasteiger partial charge on any atom is -0.496 e. The van der Waals surface area contributed by atoms with E-state index in [1.165, 1.54) is 36.9 Å². The molecule has 0 saturated heterocycles. The van der Waals surface area contributed by atoms with Crippen LogP contribution in [0.5, 0.6) is 5.75 Å². The molecule has 4 aromatic rings. The van der Waals surface area contributed by atoms with Crippen molar-refractivity contribution < 1.29 is 9.53 Å². The molecule has 0 atom stereocenters. The molecular weight excluding hydrogens is 555 g/mol. The maximum Gasteiger partial charge on any atom is 0.258 e. The Morgan fingerprint density at radius 3 is 1.84 bits per heavy atom. The first-order valence-electron chi connectivity index (χ1n) is 16.4. The van der Waals surface area contributed by atoms with Crippen LogP contribution in [0.1, 0.15) is 76.5 Å². The Morgan fingerprint density at radius 1 is 0.750 bits per heavy atom. The zero-order valence-electron chi connectivity index (χ0n) is 27.4. The smallest absolute Gasteiger partial charge is 0.258 e. The Balaban J connectivity index is 1.46.